The molecule has 6 heteroatoms. The average Bonchev–Trinajstić information content (AvgIpc) is 2.75. The van der Waals surface area contributed by atoms with Crippen molar-refractivity contribution in [1.29, 1.82) is 0 Å². The van der Waals surface area contributed by atoms with Crippen LogP contribution in [0.3, 0.4) is 0 Å². The van der Waals surface area contributed by atoms with Crippen molar-refractivity contribution in [2.45, 2.75) is 26.1 Å². The van der Waals surface area contributed by atoms with E-state index in [0.717, 1.165) is 10.1 Å². The van der Waals surface area contributed by atoms with E-state index < -0.39 is 0 Å². The molecule has 5 nitrogen and oxygen atoms in total. The maximum absolute atomic E-state index is 12.7. The number of anilines is 1. The highest BCUT2D eigenvalue weighted by molar-refractivity contribution is 7.21. The molecular weight excluding hydrogens is 274 g/mol. The third kappa shape index (κ3) is 2.25. The molecule has 1 amide bonds. The number of hydrogen-bond acceptors (Lipinski definition) is 5. The predicted octanol–water partition coefficient (Wildman–Crippen LogP) is 2.13. The number of ether oxygens (including phenoxy) is 1. The number of rotatable bonds is 1. The van der Waals surface area contributed by atoms with Gasteiger partial charge in [0.15, 0.2) is 0 Å². The Hall–Kier alpha value is -1.66. The van der Waals surface area contributed by atoms with Gasteiger partial charge in [0.25, 0.3) is 5.91 Å². The topological polar surface area (TPSA) is 68.5 Å². The molecule has 3 heterocycles. The number of pyridine rings is 1. The number of amides is 1. The normalized spacial score (nSPS) is 23.2. The second kappa shape index (κ2) is 5.03. The molecule has 1 saturated heterocycles. The van der Waals surface area contributed by atoms with Crippen LogP contribution >= 0.6 is 11.3 Å². The van der Waals surface area contributed by atoms with Gasteiger partial charge < -0.3 is 15.4 Å². The zero-order valence-corrected chi connectivity index (χ0v) is 12.3. The number of fused-ring (bicyclic) bond motifs is 1. The molecular formula is C14H17N3O2S. The molecule has 0 saturated carbocycles. The lowest BCUT2D eigenvalue weighted by molar-refractivity contribution is -0.0584. The van der Waals surface area contributed by atoms with Gasteiger partial charge in [-0.1, -0.05) is 0 Å². The van der Waals surface area contributed by atoms with Crippen molar-refractivity contribution in [1.82, 2.24) is 9.88 Å². The summed E-state index contributed by atoms with van der Waals surface area (Å²) in [6.07, 6.45) is 3.55. The molecule has 2 N–H and O–H groups in total. The summed E-state index contributed by atoms with van der Waals surface area (Å²) < 4.78 is 6.61. The van der Waals surface area contributed by atoms with Gasteiger partial charge in [-0.05, 0) is 19.9 Å². The standard InChI is InChI=1S/C14H17N3O2S/c1-8-6-17(7-9(2)19-8)14(18)13-12(15)10-3-4-16-5-11(10)20-13/h3-5,8-9H,6-7,15H2,1-2H3/t8-,9+. The van der Waals surface area contributed by atoms with Gasteiger partial charge >= 0.3 is 0 Å². The summed E-state index contributed by atoms with van der Waals surface area (Å²) in [5, 5.41) is 0.905. The van der Waals surface area contributed by atoms with Gasteiger partial charge in [0.2, 0.25) is 0 Å². The summed E-state index contributed by atoms with van der Waals surface area (Å²) >= 11 is 1.41. The average molecular weight is 291 g/mol. The van der Waals surface area contributed by atoms with E-state index in [1.807, 2.05) is 24.8 Å². The van der Waals surface area contributed by atoms with E-state index in [9.17, 15) is 4.79 Å². The molecule has 0 radical (unpaired) electrons. The first-order valence-electron chi connectivity index (χ1n) is 6.63. The maximum atomic E-state index is 12.7. The molecule has 0 unspecified atom stereocenters. The Morgan fingerprint density at radius 1 is 1.45 bits per heavy atom. The van der Waals surface area contributed by atoms with Gasteiger partial charge in [-0.15, -0.1) is 11.3 Å². The fourth-order valence-electron chi connectivity index (χ4n) is 2.62. The lowest BCUT2D eigenvalue weighted by Gasteiger charge is -2.35. The summed E-state index contributed by atoms with van der Waals surface area (Å²) in [7, 11) is 0. The summed E-state index contributed by atoms with van der Waals surface area (Å²) in [5.74, 6) is -0.00861. The van der Waals surface area contributed by atoms with Crippen molar-refractivity contribution in [3.8, 4) is 0 Å². The molecule has 0 bridgehead atoms. The van der Waals surface area contributed by atoms with Crippen LogP contribution in [-0.4, -0.2) is 41.1 Å². The molecule has 106 valence electrons. The van der Waals surface area contributed by atoms with Crippen LogP contribution in [0.25, 0.3) is 10.1 Å². The van der Waals surface area contributed by atoms with E-state index in [1.54, 1.807) is 12.4 Å². The number of morpholine rings is 1. The van der Waals surface area contributed by atoms with Crippen LogP contribution in [0.15, 0.2) is 18.5 Å². The number of carbonyl (C=O) groups is 1. The molecule has 1 aliphatic heterocycles. The van der Waals surface area contributed by atoms with Crippen LogP contribution < -0.4 is 5.73 Å². The summed E-state index contributed by atoms with van der Waals surface area (Å²) in [6.45, 7) is 5.17. The van der Waals surface area contributed by atoms with Crippen LogP contribution in [0, 0.1) is 0 Å². The number of nitrogens with two attached hydrogens (primary N) is 1. The molecule has 0 aromatic carbocycles. The Balaban J connectivity index is 1.94. The first-order valence-corrected chi connectivity index (χ1v) is 7.44. The predicted molar refractivity (Wildman–Crippen MR) is 79.9 cm³/mol. The second-order valence-corrected chi connectivity index (χ2v) is 6.24. The number of carbonyl (C=O) groups excluding carboxylic acids is 1. The molecule has 1 fully saturated rings. The quantitative estimate of drug-likeness (QED) is 0.874. The number of nitrogens with zero attached hydrogens (tertiary/aromatic N) is 2. The number of hydrogen-bond donors (Lipinski definition) is 1. The van der Waals surface area contributed by atoms with E-state index in [0.29, 0.717) is 23.7 Å². The van der Waals surface area contributed by atoms with Gasteiger partial charge in [-0.25, -0.2) is 0 Å². The van der Waals surface area contributed by atoms with Crippen molar-refractivity contribution >= 4 is 33.0 Å². The monoisotopic (exact) mass is 291 g/mol. The second-order valence-electron chi connectivity index (χ2n) is 5.18. The molecule has 0 aliphatic carbocycles. The summed E-state index contributed by atoms with van der Waals surface area (Å²) in [6, 6.07) is 1.85. The molecule has 2 atom stereocenters. The highest BCUT2D eigenvalue weighted by Gasteiger charge is 2.29. The largest absolute Gasteiger partial charge is 0.397 e. The molecule has 1 aliphatic rings. The van der Waals surface area contributed by atoms with Crippen molar-refractivity contribution < 1.29 is 9.53 Å². The lowest BCUT2D eigenvalue weighted by Crippen LogP contribution is -2.48. The van der Waals surface area contributed by atoms with Crippen molar-refractivity contribution in [3.05, 3.63) is 23.3 Å². The number of aromatic nitrogens is 1. The van der Waals surface area contributed by atoms with Crippen LogP contribution in [-0.2, 0) is 4.74 Å². The first-order chi connectivity index (χ1) is 9.56. The number of thiophene rings is 1. The van der Waals surface area contributed by atoms with E-state index in [1.165, 1.54) is 11.3 Å². The Morgan fingerprint density at radius 3 is 2.80 bits per heavy atom. The lowest BCUT2D eigenvalue weighted by atomic mass is 10.2. The van der Waals surface area contributed by atoms with Crippen LogP contribution in [0.2, 0.25) is 0 Å². The van der Waals surface area contributed by atoms with E-state index in [-0.39, 0.29) is 18.1 Å². The third-order valence-corrected chi connectivity index (χ3v) is 4.58. The summed E-state index contributed by atoms with van der Waals surface area (Å²) in [5.41, 5.74) is 6.68. The van der Waals surface area contributed by atoms with Gasteiger partial charge in [0.05, 0.1) is 22.6 Å². The van der Waals surface area contributed by atoms with E-state index >= 15 is 0 Å². The maximum Gasteiger partial charge on any atom is 0.266 e. The smallest absolute Gasteiger partial charge is 0.266 e. The third-order valence-electron chi connectivity index (χ3n) is 3.43. The van der Waals surface area contributed by atoms with Crippen LogP contribution in [0.4, 0.5) is 5.69 Å². The van der Waals surface area contributed by atoms with Crippen LogP contribution in [0.1, 0.15) is 23.5 Å². The van der Waals surface area contributed by atoms with E-state index in [4.69, 9.17) is 10.5 Å². The Kier molecular flexibility index (Phi) is 3.35. The minimum Gasteiger partial charge on any atom is -0.397 e. The van der Waals surface area contributed by atoms with Crippen molar-refractivity contribution in [2.24, 2.45) is 0 Å². The molecule has 3 rings (SSSR count). The van der Waals surface area contributed by atoms with Gasteiger partial charge in [-0.2, -0.15) is 0 Å². The fourth-order valence-corrected chi connectivity index (χ4v) is 3.67. The molecule has 0 spiro atoms. The summed E-state index contributed by atoms with van der Waals surface area (Å²) in [4.78, 5) is 19.2. The zero-order chi connectivity index (χ0) is 14.3. The van der Waals surface area contributed by atoms with Gasteiger partial charge in [0, 0.05) is 30.9 Å². The zero-order valence-electron chi connectivity index (χ0n) is 11.5. The van der Waals surface area contributed by atoms with Crippen LogP contribution in [0.5, 0.6) is 0 Å². The molecule has 20 heavy (non-hydrogen) atoms. The Morgan fingerprint density at radius 2 is 2.15 bits per heavy atom. The fraction of sp³-hybridized carbons (Fsp3) is 0.429. The highest BCUT2D eigenvalue weighted by Crippen LogP contribution is 2.34. The van der Waals surface area contributed by atoms with Gasteiger partial charge in [-0.3, -0.25) is 9.78 Å². The molecule has 2 aromatic heterocycles. The van der Waals surface area contributed by atoms with Gasteiger partial charge in [0.1, 0.15) is 4.88 Å². The first kappa shape index (κ1) is 13.3. The Bertz CT molecular complexity index is 645. The molecule has 2 aromatic rings. The minimum absolute atomic E-state index is 0.00861. The Labute approximate surface area is 121 Å². The minimum atomic E-state index is -0.00861. The SMILES string of the molecule is C[C@@H]1CN(C(=O)c2sc3cnccc3c2N)C[C@H](C)O1. The van der Waals surface area contributed by atoms with Crippen molar-refractivity contribution in [3.63, 3.8) is 0 Å². The number of nitrogen functional groups attached to an aromatic ring is 1. The van der Waals surface area contributed by atoms with E-state index in [2.05, 4.69) is 4.98 Å². The highest BCUT2D eigenvalue weighted by atomic mass is 32.1. The van der Waals surface area contributed by atoms with Crippen molar-refractivity contribution in [2.75, 3.05) is 18.8 Å².